The second-order valence-electron chi connectivity index (χ2n) is 5.12. The second kappa shape index (κ2) is 7.89. The third kappa shape index (κ3) is 6.05. The minimum absolute atomic E-state index is 0.372. The van der Waals surface area contributed by atoms with Crippen LogP contribution in [0.2, 0.25) is 0 Å². The quantitative estimate of drug-likeness (QED) is 0.773. The third-order valence-corrected chi connectivity index (χ3v) is 2.69. The van der Waals surface area contributed by atoms with Gasteiger partial charge in [-0.25, -0.2) is 0 Å². The van der Waals surface area contributed by atoms with Gasteiger partial charge in [-0.05, 0) is 30.5 Å². The molecule has 0 saturated carbocycles. The van der Waals surface area contributed by atoms with Gasteiger partial charge < -0.3 is 10.1 Å². The lowest BCUT2D eigenvalue weighted by atomic mass is 10.1. The van der Waals surface area contributed by atoms with Crippen LogP contribution >= 0.6 is 0 Å². The van der Waals surface area contributed by atoms with Crippen molar-refractivity contribution in [1.29, 1.82) is 5.26 Å². The number of anilines is 1. The highest BCUT2D eigenvalue weighted by Gasteiger charge is 2.33. The minimum atomic E-state index is -4.51. The van der Waals surface area contributed by atoms with Gasteiger partial charge in [0.15, 0.2) is 0 Å². The first-order chi connectivity index (χ1) is 9.84. The molecule has 0 aliphatic carbocycles. The molecule has 1 aromatic carbocycles. The number of benzene rings is 1. The van der Waals surface area contributed by atoms with Gasteiger partial charge in [-0.3, -0.25) is 0 Å². The molecule has 0 aliphatic heterocycles. The normalized spacial score (nSPS) is 11.5. The van der Waals surface area contributed by atoms with Gasteiger partial charge in [-0.1, -0.05) is 13.8 Å². The zero-order chi connectivity index (χ0) is 15.9. The minimum Gasteiger partial charge on any atom is -0.385 e. The zero-order valence-corrected chi connectivity index (χ0v) is 12.1. The molecule has 0 saturated heterocycles. The summed E-state index contributed by atoms with van der Waals surface area (Å²) in [5, 5.41) is 11.8. The summed E-state index contributed by atoms with van der Waals surface area (Å²) in [6.45, 7) is 5.98. The summed E-state index contributed by atoms with van der Waals surface area (Å²) < 4.78 is 43.3. The number of alkyl halides is 3. The van der Waals surface area contributed by atoms with E-state index >= 15 is 0 Å². The van der Waals surface area contributed by atoms with Gasteiger partial charge in [-0.15, -0.1) is 0 Å². The van der Waals surface area contributed by atoms with E-state index in [0.29, 0.717) is 31.4 Å². The molecule has 0 unspecified atom stereocenters. The van der Waals surface area contributed by atoms with Crippen LogP contribution in [0, 0.1) is 17.2 Å². The van der Waals surface area contributed by atoms with E-state index in [1.807, 2.05) is 0 Å². The van der Waals surface area contributed by atoms with Crippen LogP contribution in [0.25, 0.3) is 0 Å². The Labute approximate surface area is 122 Å². The first-order valence-electron chi connectivity index (χ1n) is 6.77. The van der Waals surface area contributed by atoms with Gasteiger partial charge in [-0.2, -0.15) is 18.4 Å². The zero-order valence-electron chi connectivity index (χ0n) is 12.1. The lowest BCUT2D eigenvalue weighted by molar-refractivity contribution is -0.137. The number of nitrogens with one attached hydrogen (secondary N) is 1. The molecule has 21 heavy (non-hydrogen) atoms. The van der Waals surface area contributed by atoms with Gasteiger partial charge >= 0.3 is 6.18 Å². The molecule has 1 rings (SSSR count). The SMILES string of the molecule is CC(C)COCCCNc1ccc(C(F)(F)F)c(C#N)c1. The van der Waals surface area contributed by atoms with Crippen LogP contribution in [0.3, 0.4) is 0 Å². The lowest BCUT2D eigenvalue weighted by Crippen LogP contribution is -2.10. The van der Waals surface area contributed by atoms with Crippen LogP contribution < -0.4 is 5.32 Å². The number of nitrogens with zero attached hydrogens (tertiary/aromatic N) is 1. The molecule has 6 heteroatoms. The van der Waals surface area contributed by atoms with Crippen molar-refractivity contribution in [2.24, 2.45) is 5.92 Å². The van der Waals surface area contributed by atoms with Gasteiger partial charge in [0.05, 0.1) is 17.2 Å². The Hall–Kier alpha value is -1.74. The summed E-state index contributed by atoms with van der Waals surface area (Å²) in [6.07, 6.45) is -3.76. The molecule has 116 valence electrons. The first kappa shape index (κ1) is 17.3. The van der Waals surface area contributed by atoms with Gasteiger partial charge in [0.2, 0.25) is 0 Å². The average molecular weight is 300 g/mol. The van der Waals surface area contributed by atoms with Crippen LogP contribution in [0.5, 0.6) is 0 Å². The van der Waals surface area contributed by atoms with E-state index in [4.69, 9.17) is 10.00 Å². The molecule has 0 fully saturated rings. The van der Waals surface area contributed by atoms with Crippen molar-refractivity contribution in [2.75, 3.05) is 25.1 Å². The average Bonchev–Trinajstić information content (AvgIpc) is 2.41. The molecule has 0 aromatic heterocycles. The highest BCUT2D eigenvalue weighted by Crippen LogP contribution is 2.32. The van der Waals surface area contributed by atoms with E-state index < -0.39 is 11.7 Å². The second-order valence-corrected chi connectivity index (χ2v) is 5.12. The summed E-state index contributed by atoms with van der Waals surface area (Å²) in [4.78, 5) is 0. The molecule has 0 spiro atoms. The maximum absolute atomic E-state index is 12.6. The molecule has 0 atom stereocenters. The fourth-order valence-corrected chi connectivity index (χ4v) is 1.72. The van der Waals surface area contributed by atoms with E-state index in [1.54, 1.807) is 6.07 Å². The van der Waals surface area contributed by atoms with Crippen LogP contribution in [-0.2, 0) is 10.9 Å². The molecule has 0 heterocycles. The largest absolute Gasteiger partial charge is 0.417 e. The Bertz CT molecular complexity index is 493. The molecule has 1 N–H and O–H groups in total. The van der Waals surface area contributed by atoms with E-state index in [1.165, 1.54) is 12.1 Å². The Kier molecular flexibility index (Phi) is 6.50. The van der Waals surface area contributed by atoms with Crippen molar-refractivity contribution in [3.8, 4) is 6.07 Å². The van der Waals surface area contributed by atoms with Crippen molar-refractivity contribution < 1.29 is 17.9 Å². The summed E-state index contributed by atoms with van der Waals surface area (Å²) in [6, 6.07) is 5.06. The summed E-state index contributed by atoms with van der Waals surface area (Å²) in [5.41, 5.74) is -0.775. The Balaban J connectivity index is 2.49. The van der Waals surface area contributed by atoms with Crippen LogP contribution in [-0.4, -0.2) is 19.8 Å². The number of hydrogen-bond acceptors (Lipinski definition) is 3. The molecule has 3 nitrogen and oxygen atoms in total. The van der Waals surface area contributed by atoms with Crippen molar-refractivity contribution in [1.82, 2.24) is 0 Å². The number of hydrogen-bond donors (Lipinski definition) is 1. The third-order valence-electron chi connectivity index (χ3n) is 2.69. The van der Waals surface area contributed by atoms with E-state index in [9.17, 15) is 13.2 Å². The molecular formula is C15H19F3N2O. The van der Waals surface area contributed by atoms with Crippen molar-refractivity contribution in [3.05, 3.63) is 29.3 Å². The van der Waals surface area contributed by atoms with Crippen molar-refractivity contribution >= 4 is 5.69 Å². The van der Waals surface area contributed by atoms with E-state index in [0.717, 1.165) is 12.5 Å². The maximum Gasteiger partial charge on any atom is 0.417 e. The van der Waals surface area contributed by atoms with Crippen molar-refractivity contribution in [3.63, 3.8) is 0 Å². The fourth-order valence-electron chi connectivity index (χ4n) is 1.72. The van der Waals surface area contributed by atoms with Crippen LogP contribution in [0.4, 0.5) is 18.9 Å². The molecular weight excluding hydrogens is 281 g/mol. The Morgan fingerprint density at radius 2 is 2.05 bits per heavy atom. The molecule has 0 amide bonds. The standard InChI is InChI=1S/C15H19F3N2O/c1-11(2)10-21-7-3-6-20-13-4-5-14(15(16,17)18)12(8-13)9-19/h4-5,8,11,20H,3,6-7,10H2,1-2H3. The van der Waals surface area contributed by atoms with Crippen LogP contribution in [0.15, 0.2) is 18.2 Å². The number of ether oxygens (including phenoxy) is 1. The highest BCUT2D eigenvalue weighted by atomic mass is 19.4. The van der Waals surface area contributed by atoms with E-state index in [-0.39, 0.29) is 5.56 Å². The maximum atomic E-state index is 12.6. The van der Waals surface area contributed by atoms with Gasteiger partial charge in [0, 0.05) is 25.4 Å². The number of nitriles is 1. The predicted molar refractivity (Wildman–Crippen MR) is 74.9 cm³/mol. The first-order valence-corrected chi connectivity index (χ1v) is 6.77. The van der Waals surface area contributed by atoms with Crippen LogP contribution in [0.1, 0.15) is 31.4 Å². The van der Waals surface area contributed by atoms with Crippen molar-refractivity contribution in [2.45, 2.75) is 26.4 Å². The molecule has 0 bridgehead atoms. The number of rotatable bonds is 7. The smallest absolute Gasteiger partial charge is 0.385 e. The topological polar surface area (TPSA) is 45.0 Å². The fraction of sp³-hybridized carbons (Fsp3) is 0.533. The van der Waals surface area contributed by atoms with Gasteiger partial charge in [0.1, 0.15) is 0 Å². The highest BCUT2D eigenvalue weighted by molar-refractivity contribution is 5.53. The molecule has 1 aromatic rings. The summed E-state index contributed by atoms with van der Waals surface area (Å²) >= 11 is 0. The van der Waals surface area contributed by atoms with E-state index in [2.05, 4.69) is 19.2 Å². The lowest BCUT2D eigenvalue weighted by Gasteiger charge is -2.12. The summed E-state index contributed by atoms with van der Waals surface area (Å²) in [5.74, 6) is 0.478. The number of halogens is 3. The summed E-state index contributed by atoms with van der Waals surface area (Å²) in [7, 11) is 0. The van der Waals surface area contributed by atoms with Gasteiger partial charge in [0.25, 0.3) is 0 Å². The Morgan fingerprint density at radius 1 is 1.33 bits per heavy atom. The Morgan fingerprint density at radius 3 is 2.62 bits per heavy atom. The monoisotopic (exact) mass is 300 g/mol. The predicted octanol–water partition coefficient (Wildman–Crippen LogP) is 4.05. The molecule has 0 aliphatic rings. The molecule has 0 radical (unpaired) electrons.